The Balaban J connectivity index is 1.08. The smallest absolute Gasteiger partial charge is 0.408 e. The van der Waals surface area contributed by atoms with Gasteiger partial charge in [0.25, 0.3) is 0 Å². The molecule has 4 nitrogen and oxygen atoms in total. The maximum absolute atomic E-state index is 7.14. The van der Waals surface area contributed by atoms with E-state index in [0.29, 0.717) is 0 Å². The van der Waals surface area contributed by atoms with Crippen LogP contribution in [0.5, 0.6) is 0 Å². The zero-order valence-corrected chi connectivity index (χ0v) is 30.8. The van der Waals surface area contributed by atoms with Crippen molar-refractivity contribution in [3.63, 3.8) is 0 Å². The summed E-state index contributed by atoms with van der Waals surface area (Å²) in [6.45, 7) is 4.98. The molecule has 250 valence electrons. The van der Waals surface area contributed by atoms with Crippen molar-refractivity contribution in [3.05, 3.63) is 182 Å². The number of hydrazine groups is 1. The van der Waals surface area contributed by atoms with Crippen LogP contribution in [0.15, 0.2) is 182 Å². The second kappa shape index (κ2) is 13.1. The van der Waals surface area contributed by atoms with E-state index in [1.54, 1.807) is 0 Å². The fourth-order valence-corrected chi connectivity index (χ4v) is 11.4. The molecule has 2 saturated heterocycles. The topological polar surface area (TPSA) is 24.9 Å². The molecule has 0 aliphatic carbocycles. The van der Waals surface area contributed by atoms with Gasteiger partial charge in [-0.05, 0) is 59.4 Å². The van der Waals surface area contributed by atoms with Crippen molar-refractivity contribution < 1.29 is 9.14 Å². The molecular formula is C44H36B4N2O2Si. The minimum atomic E-state index is -2.19. The van der Waals surface area contributed by atoms with E-state index < -0.39 is 8.07 Å². The predicted molar refractivity (Wildman–Crippen MR) is 229 cm³/mol. The average molecular weight is 696 g/mol. The molecule has 10 rings (SSSR count). The fraction of sp³-hybridized carbons (Fsp3) is 0.0455. The van der Waals surface area contributed by atoms with Crippen LogP contribution in [0.25, 0.3) is 32.3 Å². The molecule has 8 aromatic carbocycles. The molecule has 0 amide bonds. The maximum Gasteiger partial charge on any atom is 0.408 e. The van der Waals surface area contributed by atoms with Crippen molar-refractivity contribution in [2.45, 2.75) is 13.1 Å². The fourth-order valence-electron chi connectivity index (χ4n) is 8.70. The second-order valence-electron chi connectivity index (χ2n) is 14.7. The third-order valence-electron chi connectivity index (χ3n) is 11.4. The van der Waals surface area contributed by atoms with Crippen LogP contribution in [0.1, 0.15) is 0 Å². The average Bonchev–Trinajstić information content (AvgIpc) is 3.81. The van der Waals surface area contributed by atoms with Crippen LogP contribution in [0, 0.1) is 0 Å². The molecule has 2 aliphatic rings. The van der Waals surface area contributed by atoms with E-state index in [2.05, 4.69) is 205 Å². The normalized spacial score (nSPS) is 15.3. The lowest BCUT2D eigenvalue weighted by Crippen LogP contribution is -2.60. The quantitative estimate of drug-likeness (QED) is 0.171. The van der Waals surface area contributed by atoms with Gasteiger partial charge in [-0.15, -0.1) is 0 Å². The molecule has 0 saturated carbocycles. The van der Waals surface area contributed by atoms with Gasteiger partial charge in [-0.3, -0.25) is 9.66 Å². The van der Waals surface area contributed by atoms with Gasteiger partial charge >= 0.3 is 28.2 Å². The molecule has 2 heterocycles. The van der Waals surface area contributed by atoms with Gasteiger partial charge in [0.1, 0.15) is 8.07 Å². The first-order valence-electron chi connectivity index (χ1n) is 18.5. The Bertz CT molecular complexity index is 2520. The van der Waals surface area contributed by atoms with Crippen LogP contribution in [0.3, 0.4) is 0 Å². The Morgan fingerprint density at radius 1 is 0.358 bits per heavy atom. The summed E-state index contributed by atoms with van der Waals surface area (Å²) in [7, 11) is -3.52. The predicted octanol–water partition coefficient (Wildman–Crippen LogP) is 5.43. The van der Waals surface area contributed by atoms with Crippen molar-refractivity contribution >= 4 is 101 Å². The first kappa shape index (κ1) is 32.5. The zero-order valence-electron chi connectivity index (χ0n) is 29.8. The summed E-state index contributed by atoms with van der Waals surface area (Å²) in [6.07, 6.45) is 0. The van der Waals surface area contributed by atoms with Gasteiger partial charge in [0, 0.05) is 0 Å². The first-order chi connectivity index (χ1) is 26.1. The van der Waals surface area contributed by atoms with E-state index in [0.717, 1.165) is 21.9 Å². The Labute approximate surface area is 313 Å². The van der Waals surface area contributed by atoms with Gasteiger partial charge in [-0.2, -0.15) is 0 Å². The SMILES string of the molecule is C[Si](C)(c1ccc(B2OB(c3ccccc3)N3B(c4ccccc4)OB(c4ccccc4)N23)cc1)c1cccc2c3ccccc3c3ccccc3c12. The van der Waals surface area contributed by atoms with Crippen molar-refractivity contribution in [2.75, 3.05) is 0 Å². The van der Waals surface area contributed by atoms with Crippen LogP contribution in [-0.2, 0) is 9.14 Å². The Hall–Kier alpha value is -5.14. The van der Waals surface area contributed by atoms with E-state index in [-0.39, 0.29) is 28.2 Å². The van der Waals surface area contributed by atoms with E-state index >= 15 is 0 Å². The lowest BCUT2D eigenvalue weighted by atomic mass is 9.58. The summed E-state index contributed by atoms with van der Waals surface area (Å²) in [4.78, 5) is 4.63. The Morgan fingerprint density at radius 2 is 0.698 bits per heavy atom. The molecule has 0 atom stereocenters. The molecule has 2 fully saturated rings. The number of nitrogens with zero attached hydrogens (tertiary/aromatic N) is 2. The molecular weight excluding hydrogens is 660 g/mol. The Kier molecular flexibility index (Phi) is 8.01. The monoisotopic (exact) mass is 696 g/mol. The highest BCUT2D eigenvalue weighted by atomic mass is 28.3. The van der Waals surface area contributed by atoms with E-state index in [9.17, 15) is 0 Å². The highest BCUT2D eigenvalue weighted by Crippen LogP contribution is 2.35. The van der Waals surface area contributed by atoms with E-state index in [4.69, 9.17) is 9.14 Å². The van der Waals surface area contributed by atoms with Crippen molar-refractivity contribution in [3.8, 4) is 0 Å². The molecule has 0 bridgehead atoms. The molecule has 9 heteroatoms. The van der Waals surface area contributed by atoms with Crippen molar-refractivity contribution in [1.29, 1.82) is 0 Å². The van der Waals surface area contributed by atoms with Gasteiger partial charge in [-0.1, -0.05) is 200 Å². The lowest BCUT2D eigenvalue weighted by Gasteiger charge is -2.28. The minimum Gasteiger partial charge on any atom is -0.464 e. The van der Waals surface area contributed by atoms with Crippen molar-refractivity contribution in [1.82, 2.24) is 9.66 Å². The molecule has 0 spiro atoms. The molecule has 0 N–H and O–H groups in total. The summed E-state index contributed by atoms with van der Waals surface area (Å²) in [5.74, 6) is 0. The third kappa shape index (κ3) is 5.34. The molecule has 0 unspecified atom stereocenters. The number of rotatable bonds is 6. The molecule has 0 aromatic heterocycles. The van der Waals surface area contributed by atoms with Gasteiger partial charge in [-0.25, -0.2) is 0 Å². The standard InChI is InChI=1S/C44H36B4N2O2Si/c1-53(2,43-28-16-27-42-40-24-13-12-23-38(40)39-25-14-15-26-41(39)44(42)43)37-31-29-36(30-32-37)48-50-47(35-21-10-5-11-22-35)51-45(33-17-6-3-7-18-33)49(50)46(52-48)34-19-8-4-9-20-34/h3-32H,1-2H3. The molecule has 0 radical (unpaired) electrons. The van der Waals surface area contributed by atoms with Crippen LogP contribution in [0.4, 0.5) is 0 Å². The van der Waals surface area contributed by atoms with Crippen LogP contribution in [-0.4, -0.2) is 45.9 Å². The molecule has 53 heavy (non-hydrogen) atoms. The third-order valence-corrected chi connectivity index (χ3v) is 14.9. The number of hydrogen-bond donors (Lipinski definition) is 0. The summed E-state index contributed by atoms with van der Waals surface area (Å²) in [5, 5.41) is 10.8. The maximum atomic E-state index is 7.14. The number of fused-ring (bicyclic) bond motifs is 7. The number of benzene rings is 8. The Morgan fingerprint density at radius 3 is 1.13 bits per heavy atom. The van der Waals surface area contributed by atoms with Gasteiger partial charge in [0.15, 0.2) is 0 Å². The minimum absolute atomic E-state index is 0.320. The van der Waals surface area contributed by atoms with Crippen molar-refractivity contribution in [2.24, 2.45) is 0 Å². The summed E-state index contributed by atoms with van der Waals surface area (Å²) < 4.78 is 14.2. The summed E-state index contributed by atoms with van der Waals surface area (Å²) >= 11 is 0. The van der Waals surface area contributed by atoms with Gasteiger partial charge in [0.05, 0.1) is 0 Å². The zero-order chi connectivity index (χ0) is 35.5. The second-order valence-corrected chi connectivity index (χ2v) is 19.1. The largest absolute Gasteiger partial charge is 0.464 e. The summed E-state index contributed by atoms with van der Waals surface area (Å²) in [6, 6.07) is 65.5. The lowest BCUT2D eigenvalue weighted by molar-refractivity contribution is 0.439. The van der Waals surface area contributed by atoms with Gasteiger partial charge in [0.2, 0.25) is 0 Å². The van der Waals surface area contributed by atoms with Crippen LogP contribution < -0.4 is 32.2 Å². The number of hydrogen-bond acceptors (Lipinski definition) is 4. The van der Waals surface area contributed by atoms with Gasteiger partial charge < -0.3 is 9.14 Å². The van der Waals surface area contributed by atoms with E-state index in [1.807, 2.05) is 0 Å². The first-order valence-corrected chi connectivity index (χ1v) is 21.5. The highest BCUT2D eigenvalue weighted by molar-refractivity contribution is 7.02. The highest BCUT2D eigenvalue weighted by Gasteiger charge is 2.62. The molecule has 2 aliphatic heterocycles. The van der Waals surface area contributed by atoms with Crippen LogP contribution in [0.2, 0.25) is 13.1 Å². The van der Waals surface area contributed by atoms with E-state index in [1.165, 1.54) is 42.7 Å². The van der Waals surface area contributed by atoms with Crippen LogP contribution >= 0.6 is 0 Å². The molecule has 8 aromatic rings. The summed E-state index contributed by atoms with van der Waals surface area (Å²) in [5.41, 5.74) is 4.40.